The summed E-state index contributed by atoms with van der Waals surface area (Å²) in [5.41, 5.74) is 5.76. The lowest BCUT2D eigenvalue weighted by atomic mass is 9.76. The Hall–Kier alpha value is -1.74. The maximum absolute atomic E-state index is 6.25. The molecule has 3 aliphatic rings. The molecule has 0 bridgehead atoms. The molecule has 0 saturated carbocycles. The van der Waals surface area contributed by atoms with Crippen molar-refractivity contribution in [1.29, 1.82) is 0 Å². The van der Waals surface area contributed by atoms with Crippen LogP contribution in [0, 0.1) is 5.92 Å². The molecule has 0 amide bonds. The van der Waals surface area contributed by atoms with Crippen LogP contribution in [0.1, 0.15) is 60.3 Å². The highest BCUT2D eigenvalue weighted by Crippen LogP contribution is 2.51. The average molecular weight is 309 g/mol. The van der Waals surface area contributed by atoms with E-state index in [1.54, 1.807) is 6.26 Å². The average Bonchev–Trinajstić information content (AvgIpc) is 3.15. The Kier molecular flexibility index (Phi) is 3.22. The Morgan fingerprint density at radius 1 is 1.04 bits per heavy atom. The van der Waals surface area contributed by atoms with Crippen molar-refractivity contribution >= 4 is 5.69 Å². The summed E-state index contributed by atoms with van der Waals surface area (Å²) in [5.74, 6) is 1.51. The molecule has 3 nitrogen and oxygen atoms in total. The molecule has 1 aliphatic carbocycles. The first kappa shape index (κ1) is 13.7. The van der Waals surface area contributed by atoms with Crippen LogP contribution < -0.4 is 5.32 Å². The van der Waals surface area contributed by atoms with Crippen molar-refractivity contribution in [3.8, 4) is 0 Å². The van der Waals surface area contributed by atoms with E-state index in [4.69, 9.17) is 9.15 Å². The van der Waals surface area contributed by atoms with E-state index in [0.29, 0.717) is 5.92 Å². The lowest BCUT2D eigenvalue weighted by molar-refractivity contribution is -0.0402. The van der Waals surface area contributed by atoms with E-state index in [1.165, 1.54) is 54.5 Å². The lowest BCUT2D eigenvalue weighted by Crippen LogP contribution is -2.36. The second-order valence-corrected chi connectivity index (χ2v) is 7.11. The van der Waals surface area contributed by atoms with Gasteiger partial charge in [-0.25, -0.2) is 0 Å². The van der Waals surface area contributed by atoms with Gasteiger partial charge >= 0.3 is 0 Å². The fourth-order valence-electron chi connectivity index (χ4n) is 4.73. The number of furan rings is 1. The molecule has 1 aromatic carbocycles. The molecule has 5 rings (SSSR count). The van der Waals surface area contributed by atoms with Crippen LogP contribution in [0.3, 0.4) is 0 Å². The fraction of sp³-hybridized carbons (Fsp3) is 0.500. The highest BCUT2D eigenvalue weighted by Gasteiger charge is 2.42. The molecule has 1 aromatic heterocycles. The van der Waals surface area contributed by atoms with Gasteiger partial charge in [-0.2, -0.15) is 0 Å². The normalized spacial score (nSPS) is 29.1. The summed E-state index contributed by atoms with van der Waals surface area (Å²) in [7, 11) is 0. The number of rotatable bonds is 1. The molecule has 3 atom stereocenters. The van der Waals surface area contributed by atoms with E-state index in [9.17, 15) is 0 Å². The minimum absolute atomic E-state index is 0.210. The maximum atomic E-state index is 6.25. The number of hydrogen-bond donors (Lipinski definition) is 1. The summed E-state index contributed by atoms with van der Waals surface area (Å²) in [6.45, 7) is 0.878. The van der Waals surface area contributed by atoms with Crippen LogP contribution in [0.5, 0.6) is 0 Å². The quantitative estimate of drug-likeness (QED) is 0.822. The van der Waals surface area contributed by atoms with Crippen molar-refractivity contribution in [2.45, 2.75) is 50.7 Å². The minimum atomic E-state index is 0.210. The predicted molar refractivity (Wildman–Crippen MR) is 89.6 cm³/mol. The van der Waals surface area contributed by atoms with Gasteiger partial charge in [-0.1, -0.05) is 12.1 Å². The third-order valence-electron chi connectivity index (χ3n) is 5.82. The first-order valence-corrected chi connectivity index (χ1v) is 8.98. The van der Waals surface area contributed by atoms with Gasteiger partial charge < -0.3 is 14.5 Å². The lowest BCUT2D eigenvalue weighted by Gasteiger charge is -2.43. The summed E-state index contributed by atoms with van der Waals surface area (Å²) in [4.78, 5) is 0. The minimum Gasteiger partial charge on any atom is -0.467 e. The molecule has 120 valence electrons. The standard InChI is InChI=1S/C20H23NO2/c1-2-6-14-13(5-1)9-10-16-18(14)21-19(17-8-4-11-22-17)15-7-3-12-23-20(15)16/h4,8-11,15,19-21H,1-3,5-7,12H2/t15-,19+,20-/m1/s1. The van der Waals surface area contributed by atoms with Crippen molar-refractivity contribution in [2.24, 2.45) is 5.92 Å². The van der Waals surface area contributed by atoms with E-state index in [1.807, 2.05) is 6.07 Å². The molecule has 3 heterocycles. The molecular formula is C20H23NO2. The number of hydrogen-bond acceptors (Lipinski definition) is 3. The van der Waals surface area contributed by atoms with E-state index < -0.39 is 0 Å². The maximum Gasteiger partial charge on any atom is 0.126 e. The van der Waals surface area contributed by atoms with Gasteiger partial charge in [0, 0.05) is 23.8 Å². The van der Waals surface area contributed by atoms with Gasteiger partial charge in [-0.15, -0.1) is 0 Å². The smallest absolute Gasteiger partial charge is 0.126 e. The Morgan fingerprint density at radius 3 is 2.91 bits per heavy atom. The van der Waals surface area contributed by atoms with Gasteiger partial charge in [0.25, 0.3) is 0 Å². The summed E-state index contributed by atoms with van der Waals surface area (Å²) in [6.07, 6.45) is 9.34. The van der Waals surface area contributed by atoms with Crippen molar-refractivity contribution < 1.29 is 9.15 Å². The Bertz CT molecular complexity index is 707. The molecule has 0 radical (unpaired) electrons. The van der Waals surface area contributed by atoms with Crippen LogP contribution >= 0.6 is 0 Å². The molecule has 2 aliphatic heterocycles. The van der Waals surface area contributed by atoms with Gasteiger partial charge in [-0.05, 0) is 61.8 Å². The Balaban J connectivity index is 1.64. The van der Waals surface area contributed by atoms with Gasteiger partial charge in [-0.3, -0.25) is 0 Å². The van der Waals surface area contributed by atoms with Crippen LogP contribution in [-0.2, 0) is 17.6 Å². The molecule has 3 heteroatoms. The van der Waals surface area contributed by atoms with Crippen molar-refractivity contribution in [2.75, 3.05) is 11.9 Å². The number of benzene rings is 1. The summed E-state index contributed by atoms with van der Waals surface area (Å²) < 4.78 is 12.0. The van der Waals surface area contributed by atoms with Gasteiger partial charge in [0.05, 0.1) is 18.4 Å². The molecule has 1 fully saturated rings. The summed E-state index contributed by atoms with van der Waals surface area (Å²) in [5, 5.41) is 3.85. The zero-order valence-electron chi connectivity index (χ0n) is 13.4. The third kappa shape index (κ3) is 2.13. The number of anilines is 1. The highest BCUT2D eigenvalue weighted by molar-refractivity contribution is 5.65. The van der Waals surface area contributed by atoms with E-state index >= 15 is 0 Å². The van der Waals surface area contributed by atoms with Crippen LogP contribution in [0.25, 0.3) is 0 Å². The van der Waals surface area contributed by atoms with Crippen molar-refractivity contribution in [1.82, 2.24) is 0 Å². The number of fused-ring (bicyclic) bond motifs is 5. The SMILES string of the molecule is c1coc([C@H]2Nc3c(ccc4c3CCCC4)[C@@H]3OCCC[C@H]23)c1. The molecular weight excluding hydrogens is 286 g/mol. The molecule has 0 unspecified atom stereocenters. The van der Waals surface area contributed by atoms with Crippen LogP contribution in [-0.4, -0.2) is 6.61 Å². The molecule has 2 aromatic rings. The first-order valence-electron chi connectivity index (χ1n) is 8.98. The van der Waals surface area contributed by atoms with Gasteiger partial charge in [0.15, 0.2) is 0 Å². The molecule has 23 heavy (non-hydrogen) atoms. The monoisotopic (exact) mass is 309 g/mol. The molecule has 0 spiro atoms. The fourth-order valence-corrected chi connectivity index (χ4v) is 4.73. The number of ether oxygens (including phenoxy) is 1. The van der Waals surface area contributed by atoms with E-state index in [0.717, 1.165) is 18.8 Å². The number of aryl methyl sites for hydroxylation is 1. The first-order chi connectivity index (χ1) is 11.4. The Labute approximate surface area is 137 Å². The summed E-state index contributed by atoms with van der Waals surface area (Å²) >= 11 is 0. The van der Waals surface area contributed by atoms with Gasteiger partial charge in [0.1, 0.15) is 5.76 Å². The topological polar surface area (TPSA) is 34.4 Å². The molecule has 1 saturated heterocycles. The zero-order valence-corrected chi connectivity index (χ0v) is 13.4. The largest absolute Gasteiger partial charge is 0.467 e. The zero-order chi connectivity index (χ0) is 15.2. The second kappa shape index (κ2) is 5.41. The summed E-state index contributed by atoms with van der Waals surface area (Å²) in [6, 6.07) is 8.98. The second-order valence-electron chi connectivity index (χ2n) is 7.11. The Morgan fingerprint density at radius 2 is 2.00 bits per heavy atom. The highest BCUT2D eigenvalue weighted by atomic mass is 16.5. The van der Waals surface area contributed by atoms with Crippen LogP contribution in [0.2, 0.25) is 0 Å². The van der Waals surface area contributed by atoms with Gasteiger partial charge in [0.2, 0.25) is 0 Å². The van der Waals surface area contributed by atoms with E-state index in [-0.39, 0.29) is 12.1 Å². The number of nitrogens with one attached hydrogen (secondary N) is 1. The predicted octanol–water partition coefficient (Wildman–Crippen LogP) is 4.79. The molecule has 1 N–H and O–H groups in total. The third-order valence-corrected chi connectivity index (χ3v) is 5.82. The van der Waals surface area contributed by atoms with E-state index in [2.05, 4.69) is 23.5 Å². The van der Waals surface area contributed by atoms with Crippen LogP contribution in [0.4, 0.5) is 5.69 Å². The van der Waals surface area contributed by atoms with Crippen LogP contribution in [0.15, 0.2) is 34.9 Å². The van der Waals surface area contributed by atoms with Crippen molar-refractivity contribution in [3.63, 3.8) is 0 Å². The van der Waals surface area contributed by atoms with Crippen molar-refractivity contribution in [3.05, 3.63) is 53.0 Å².